The highest BCUT2D eigenvalue weighted by atomic mass is 16.3. The first-order valence-corrected chi connectivity index (χ1v) is 10.6. The molecule has 0 radical (unpaired) electrons. The Morgan fingerprint density at radius 2 is 0.882 bits per heavy atom. The molecule has 168 valence electrons. The zero-order valence-corrected chi connectivity index (χ0v) is 18.1. The van der Waals surface area contributed by atoms with E-state index in [2.05, 4.69) is 0 Å². The van der Waals surface area contributed by atoms with Gasteiger partial charge in [0.1, 0.15) is 0 Å². The number of hydrogen-bond donors (Lipinski definition) is 4. The summed E-state index contributed by atoms with van der Waals surface area (Å²) in [6, 6.07) is 26.9. The summed E-state index contributed by atoms with van der Waals surface area (Å²) in [7, 11) is 0. The first-order chi connectivity index (χ1) is 16.4. The highest BCUT2D eigenvalue weighted by molar-refractivity contribution is 6.46. The summed E-state index contributed by atoms with van der Waals surface area (Å²) in [6.07, 6.45) is 3.40. The van der Waals surface area contributed by atoms with Gasteiger partial charge in [0, 0.05) is 11.1 Å². The zero-order valence-electron chi connectivity index (χ0n) is 18.1. The van der Waals surface area contributed by atoms with Crippen LogP contribution in [0.5, 0.6) is 23.0 Å². The molecule has 0 unspecified atom stereocenters. The van der Waals surface area contributed by atoms with Crippen molar-refractivity contribution in [2.24, 2.45) is 0 Å². The fraction of sp³-hybridized carbons (Fsp3) is 0. The highest BCUT2D eigenvalue weighted by Crippen LogP contribution is 2.35. The molecule has 5 nitrogen and oxygen atoms in total. The van der Waals surface area contributed by atoms with E-state index in [1.54, 1.807) is 24.3 Å². The number of carbonyl (C=O) groups excluding carboxylic acids is 1. The van der Waals surface area contributed by atoms with Gasteiger partial charge in [-0.25, -0.2) is 0 Å². The number of rotatable bonds is 6. The first-order valence-electron chi connectivity index (χ1n) is 10.6. The molecule has 4 aromatic carbocycles. The van der Waals surface area contributed by atoms with E-state index < -0.39 is 0 Å². The van der Waals surface area contributed by atoms with Crippen LogP contribution in [0.15, 0.2) is 97.1 Å². The molecule has 0 aliphatic rings. The molecule has 0 aliphatic heterocycles. The Morgan fingerprint density at radius 1 is 0.500 bits per heavy atom. The Kier molecular flexibility index (Phi) is 6.46. The van der Waals surface area contributed by atoms with Gasteiger partial charge >= 0.3 is 0 Å². The number of aromatic hydroxyl groups is 4. The molecule has 0 aromatic heterocycles. The van der Waals surface area contributed by atoms with Gasteiger partial charge in [-0.1, -0.05) is 72.8 Å². The number of hydrogen-bond acceptors (Lipinski definition) is 5. The lowest BCUT2D eigenvalue weighted by molar-refractivity contribution is -0.108. The van der Waals surface area contributed by atoms with Crippen molar-refractivity contribution in [1.82, 2.24) is 0 Å². The molecular weight excluding hydrogens is 428 g/mol. The molecule has 4 aromatic rings. The monoisotopic (exact) mass is 450 g/mol. The fourth-order valence-corrected chi connectivity index (χ4v) is 3.52. The van der Waals surface area contributed by atoms with Crippen LogP contribution >= 0.6 is 0 Å². The lowest BCUT2D eigenvalue weighted by Crippen LogP contribution is -2.06. The molecule has 0 heterocycles. The van der Waals surface area contributed by atoms with Gasteiger partial charge in [0.15, 0.2) is 28.8 Å². The summed E-state index contributed by atoms with van der Waals surface area (Å²) in [5, 5.41) is 39.7. The van der Waals surface area contributed by atoms with Crippen molar-refractivity contribution in [1.29, 1.82) is 0 Å². The summed E-state index contributed by atoms with van der Waals surface area (Å²) in [4.78, 5) is 14.0. The van der Waals surface area contributed by atoms with Crippen LogP contribution in [-0.2, 0) is 4.79 Å². The van der Waals surface area contributed by atoms with E-state index in [0.717, 1.165) is 11.1 Å². The molecular formula is C29H22O5. The van der Waals surface area contributed by atoms with Gasteiger partial charge in [0.05, 0.1) is 0 Å². The van der Waals surface area contributed by atoms with E-state index in [-0.39, 0.29) is 39.9 Å². The lowest BCUT2D eigenvalue weighted by atomic mass is 9.89. The minimum Gasteiger partial charge on any atom is -0.504 e. The van der Waals surface area contributed by atoms with Gasteiger partial charge in [0.25, 0.3) is 0 Å². The summed E-state index contributed by atoms with van der Waals surface area (Å²) in [5.74, 6) is -1.65. The number of benzene rings is 4. The normalized spacial score (nSPS) is 11.9. The van der Waals surface area contributed by atoms with Gasteiger partial charge in [0.2, 0.25) is 0 Å². The maximum atomic E-state index is 14.0. The molecule has 4 rings (SSSR count). The van der Waals surface area contributed by atoms with Crippen molar-refractivity contribution < 1.29 is 25.2 Å². The van der Waals surface area contributed by atoms with Gasteiger partial charge in [-0.2, -0.15) is 0 Å². The minimum atomic E-state index is -0.372. The molecule has 4 N–H and O–H groups in total. The van der Waals surface area contributed by atoms with Gasteiger partial charge in [-0.05, 0) is 58.7 Å². The molecule has 0 aliphatic carbocycles. The second kappa shape index (κ2) is 9.79. The molecule has 0 atom stereocenters. The van der Waals surface area contributed by atoms with E-state index in [1.807, 2.05) is 60.7 Å². The molecule has 34 heavy (non-hydrogen) atoms. The van der Waals surface area contributed by atoms with E-state index in [4.69, 9.17) is 0 Å². The van der Waals surface area contributed by atoms with Crippen molar-refractivity contribution >= 4 is 29.1 Å². The molecule has 5 heteroatoms. The fourth-order valence-electron chi connectivity index (χ4n) is 3.52. The molecule has 0 saturated heterocycles. The predicted octanol–water partition coefficient (Wildman–Crippen LogP) is 5.86. The topological polar surface area (TPSA) is 98.0 Å². The third-order valence-electron chi connectivity index (χ3n) is 5.28. The van der Waals surface area contributed by atoms with Gasteiger partial charge < -0.3 is 20.4 Å². The molecule has 0 fully saturated rings. The number of ketones is 1. The summed E-state index contributed by atoms with van der Waals surface area (Å²) < 4.78 is 0. The maximum absolute atomic E-state index is 14.0. The molecule has 0 bridgehead atoms. The summed E-state index contributed by atoms with van der Waals surface area (Å²) >= 11 is 0. The Labute approximate surface area is 196 Å². The number of phenols is 4. The van der Waals surface area contributed by atoms with Crippen LogP contribution in [0.3, 0.4) is 0 Å². The quantitative estimate of drug-likeness (QED) is 0.168. The van der Waals surface area contributed by atoms with Gasteiger partial charge in [-0.15, -0.1) is 0 Å². The van der Waals surface area contributed by atoms with Crippen molar-refractivity contribution in [3.8, 4) is 23.0 Å². The summed E-state index contributed by atoms with van der Waals surface area (Å²) in [6.45, 7) is 0. The van der Waals surface area contributed by atoms with Crippen LogP contribution in [0.4, 0.5) is 0 Å². The second-order valence-corrected chi connectivity index (χ2v) is 7.67. The SMILES string of the molecule is O=C(C(=Cc1ccccc1)c1ccc(O)c(O)c1)C(=Cc1ccccc1)c1ccc(O)c(O)c1. The number of carbonyl (C=O) groups is 1. The summed E-state index contributed by atoms with van der Waals surface area (Å²) in [5.41, 5.74) is 2.90. The zero-order chi connectivity index (χ0) is 24.1. The van der Waals surface area contributed by atoms with Crippen molar-refractivity contribution in [3.63, 3.8) is 0 Å². The lowest BCUT2D eigenvalue weighted by Gasteiger charge is -2.13. The number of allylic oxidation sites excluding steroid dienone is 2. The molecule has 0 saturated carbocycles. The number of phenolic OH excluding ortho intramolecular Hbond substituents is 4. The van der Waals surface area contributed by atoms with E-state index in [1.165, 1.54) is 24.3 Å². The van der Waals surface area contributed by atoms with Gasteiger partial charge in [-0.3, -0.25) is 4.79 Å². The van der Waals surface area contributed by atoms with Crippen molar-refractivity contribution in [3.05, 3.63) is 119 Å². The average molecular weight is 450 g/mol. The predicted molar refractivity (Wildman–Crippen MR) is 133 cm³/mol. The second-order valence-electron chi connectivity index (χ2n) is 7.67. The van der Waals surface area contributed by atoms with Crippen LogP contribution < -0.4 is 0 Å². The van der Waals surface area contributed by atoms with Crippen molar-refractivity contribution in [2.45, 2.75) is 0 Å². The Bertz CT molecular complexity index is 1280. The average Bonchev–Trinajstić information content (AvgIpc) is 2.85. The van der Waals surface area contributed by atoms with Crippen molar-refractivity contribution in [2.75, 3.05) is 0 Å². The van der Waals surface area contributed by atoms with E-state index >= 15 is 0 Å². The standard InChI is InChI=1S/C29H22O5/c30-25-13-11-21(17-27(25)32)23(15-19-7-3-1-4-8-19)29(34)24(16-20-9-5-2-6-10-20)22-12-14-26(31)28(33)18-22/h1-18,30-33H. The third-order valence-corrected chi connectivity index (χ3v) is 5.28. The van der Waals surface area contributed by atoms with Crippen LogP contribution in [0.1, 0.15) is 22.3 Å². The Hall–Kier alpha value is -4.77. The molecule has 0 amide bonds. The largest absolute Gasteiger partial charge is 0.504 e. The Balaban J connectivity index is 1.92. The first kappa shape index (κ1) is 22.4. The van der Waals surface area contributed by atoms with Crippen LogP contribution in [0.25, 0.3) is 23.3 Å². The van der Waals surface area contributed by atoms with E-state index in [0.29, 0.717) is 11.1 Å². The van der Waals surface area contributed by atoms with Crippen LogP contribution in [0.2, 0.25) is 0 Å². The number of Topliss-reactive ketones (excluding diaryl/α,β-unsaturated/α-hetero) is 1. The highest BCUT2D eigenvalue weighted by Gasteiger charge is 2.21. The third kappa shape index (κ3) is 5.00. The molecule has 0 spiro atoms. The minimum absolute atomic E-state index is 0.274. The smallest absolute Gasteiger partial charge is 0.194 e. The Morgan fingerprint density at radius 3 is 1.24 bits per heavy atom. The van der Waals surface area contributed by atoms with E-state index in [9.17, 15) is 25.2 Å². The maximum Gasteiger partial charge on any atom is 0.194 e. The van der Waals surface area contributed by atoms with Crippen LogP contribution in [0, 0.1) is 0 Å². The van der Waals surface area contributed by atoms with Crippen LogP contribution in [-0.4, -0.2) is 26.2 Å².